The maximum atomic E-state index is 13.6. The van der Waals surface area contributed by atoms with E-state index in [1.54, 1.807) is 37.6 Å². The number of ether oxygens (including phenoxy) is 1. The molecule has 7 nitrogen and oxygen atoms in total. The fourth-order valence-corrected chi connectivity index (χ4v) is 4.90. The Morgan fingerprint density at radius 1 is 1.14 bits per heavy atom. The van der Waals surface area contributed by atoms with Crippen LogP contribution in [-0.2, 0) is 26.7 Å². The molecule has 0 aliphatic carbocycles. The summed E-state index contributed by atoms with van der Waals surface area (Å²) in [6, 6.07) is 17.0. The zero-order chi connectivity index (χ0) is 26.3. The van der Waals surface area contributed by atoms with Crippen molar-refractivity contribution in [3.63, 3.8) is 0 Å². The van der Waals surface area contributed by atoms with E-state index in [-0.39, 0.29) is 5.41 Å². The largest absolute Gasteiger partial charge is 0.497 e. The van der Waals surface area contributed by atoms with E-state index in [1.807, 2.05) is 36.4 Å². The number of carbonyl (C=O) groups is 1. The molecular formula is C28H33N3O4S. The molecule has 1 atom stereocenters. The molecule has 1 aromatic heterocycles. The van der Waals surface area contributed by atoms with Gasteiger partial charge in [-0.15, -0.1) is 0 Å². The van der Waals surface area contributed by atoms with Crippen molar-refractivity contribution in [2.24, 2.45) is 0 Å². The number of benzene rings is 2. The minimum Gasteiger partial charge on any atom is -0.497 e. The van der Waals surface area contributed by atoms with Gasteiger partial charge in [0, 0.05) is 29.9 Å². The number of methoxy groups -OCH3 is 1. The minimum absolute atomic E-state index is 0.110. The first kappa shape index (κ1) is 26.9. The Morgan fingerprint density at radius 2 is 1.86 bits per heavy atom. The average Bonchev–Trinajstić information content (AvgIpc) is 2.87. The fraction of sp³-hybridized carbons (Fsp3) is 0.286. The molecule has 0 radical (unpaired) electrons. The van der Waals surface area contributed by atoms with Crippen molar-refractivity contribution in [1.82, 2.24) is 10.3 Å². The lowest BCUT2D eigenvalue weighted by Gasteiger charge is -2.31. The molecule has 0 saturated carbocycles. The van der Waals surface area contributed by atoms with Crippen LogP contribution in [0, 0.1) is 0 Å². The first-order valence-corrected chi connectivity index (χ1v) is 13.1. The second-order valence-corrected chi connectivity index (χ2v) is 11.1. The van der Waals surface area contributed by atoms with E-state index in [2.05, 4.69) is 37.7 Å². The summed E-state index contributed by atoms with van der Waals surface area (Å²) in [5, 5.41) is 3.76. The number of anilines is 1. The summed E-state index contributed by atoms with van der Waals surface area (Å²) in [4.78, 5) is 17.7. The summed E-state index contributed by atoms with van der Waals surface area (Å²) < 4.78 is 32.9. The second-order valence-electron chi connectivity index (χ2n) is 9.39. The molecule has 1 N–H and O–H groups in total. The van der Waals surface area contributed by atoms with Gasteiger partial charge in [0.05, 0.1) is 12.8 Å². The molecule has 1 heterocycles. The number of hydrogen-bond donors (Lipinski definition) is 1. The predicted molar refractivity (Wildman–Crippen MR) is 143 cm³/mol. The van der Waals surface area contributed by atoms with Crippen LogP contribution in [0.5, 0.6) is 5.75 Å². The van der Waals surface area contributed by atoms with Gasteiger partial charge >= 0.3 is 0 Å². The minimum atomic E-state index is -4.05. The van der Waals surface area contributed by atoms with Crippen LogP contribution >= 0.6 is 0 Å². The Hall–Kier alpha value is -3.65. The van der Waals surface area contributed by atoms with E-state index in [4.69, 9.17) is 4.74 Å². The van der Waals surface area contributed by atoms with Gasteiger partial charge in [-0.1, -0.05) is 57.7 Å². The molecular weight excluding hydrogens is 474 g/mol. The molecule has 0 bridgehead atoms. The fourth-order valence-electron chi connectivity index (χ4n) is 3.82. The summed E-state index contributed by atoms with van der Waals surface area (Å²) in [6.45, 7) is 10.0. The third kappa shape index (κ3) is 6.51. The van der Waals surface area contributed by atoms with E-state index in [0.29, 0.717) is 24.2 Å². The topological polar surface area (TPSA) is 88.6 Å². The Morgan fingerprint density at radius 3 is 2.44 bits per heavy atom. The Kier molecular flexibility index (Phi) is 8.53. The normalized spacial score (nSPS) is 12.4. The molecule has 36 heavy (non-hydrogen) atoms. The van der Waals surface area contributed by atoms with E-state index in [0.717, 1.165) is 26.6 Å². The highest BCUT2D eigenvalue weighted by Crippen LogP contribution is 2.33. The highest BCUT2D eigenvalue weighted by atomic mass is 32.2. The Bertz CT molecular complexity index is 1280. The van der Waals surface area contributed by atoms with Crippen molar-refractivity contribution in [3.05, 3.63) is 102 Å². The van der Waals surface area contributed by atoms with Gasteiger partial charge in [-0.2, -0.15) is 0 Å². The van der Waals surface area contributed by atoms with Gasteiger partial charge in [0.2, 0.25) is 5.91 Å². The Labute approximate surface area is 213 Å². The molecule has 0 saturated heterocycles. The van der Waals surface area contributed by atoms with Gasteiger partial charge in [-0.25, -0.2) is 12.7 Å². The molecule has 0 fully saturated rings. The van der Waals surface area contributed by atoms with Crippen LogP contribution in [-0.4, -0.2) is 33.0 Å². The monoisotopic (exact) mass is 507 g/mol. The molecule has 1 unspecified atom stereocenters. The predicted octanol–water partition coefficient (Wildman–Crippen LogP) is 4.77. The number of hydrogen-bond acceptors (Lipinski definition) is 5. The lowest BCUT2D eigenvalue weighted by Crippen LogP contribution is -2.43. The molecule has 2 aromatic carbocycles. The molecule has 0 aliphatic rings. The first-order valence-electron chi connectivity index (χ1n) is 11.6. The number of carbonyl (C=O) groups excluding carboxylic acids is 1. The molecule has 3 rings (SSSR count). The smallest absolute Gasteiger partial charge is 0.257 e. The van der Waals surface area contributed by atoms with Gasteiger partial charge in [-0.3, -0.25) is 9.78 Å². The first-order chi connectivity index (χ1) is 17.1. The standard InChI is InChI=1S/C28H33N3O4S/c1-6-36(33,34)31(24-14-12-23(13-15-24)28(2,3)4)26(22-10-8-17-29-20-22)27(32)30-18-16-21-9-7-11-25(19-21)35-5/h6-15,17,19-20,26H,1,16,18H2,2-5H3,(H,30,32). The van der Waals surface area contributed by atoms with E-state index >= 15 is 0 Å². The van der Waals surface area contributed by atoms with E-state index in [1.165, 1.54) is 6.20 Å². The van der Waals surface area contributed by atoms with Crippen LogP contribution in [0.15, 0.2) is 85.0 Å². The third-order valence-corrected chi connectivity index (χ3v) is 7.19. The molecule has 3 aromatic rings. The Balaban J connectivity index is 1.96. The SMILES string of the molecule is C=CS(=O)(=O)N(c1ccc(C(C)(C)C)cc1)C(C(=O)NCCc1cccc(OC)c1)c1cccnc1. The average molecular weight is 508 g/mol. The zero-order valence-electron chi connectivity index (χ0n) is 21.1. The summed E-state index contributed by atoms with van der Waals surface area (Å²) >= 11 is 0. The van der Waals surface area contributed by atoms with Crippen molar-refractivity contribution in [2.45, 2.75) is 38.6 Å². The van der Waals surface area contributed by atoms with Gasteiger partial charge in [0.15, 0.2) is 6.04 Å². The number of pyridine rings is 1. The lowest BCUT2D eigenvalue weighted by atomic mass is 9.87. The van der Waals surface area contributed by atoms with Gasteiger partial charge in [0.1, 0.15) is 5.75 Å². The van der Waals surface area contributed by atoms with E-state index in [9.17, 15) is 13.2 Å². The highest BCUT2D eigenvalue weighted by Gasteiger charge is 2.35. The maximum absolute atomic E-state index is 13.6. The van der Waals surface area contributed by atoms with Crippen LogP contribution in [0.3, 0.4) is 0 Å². The lowest BCUT2D eigenvalue weighted by molar-refractivity contribution is -0.122. The third-order valence-electron chi connectivity index (χ3n) is 5.80. The molecule has 190 valence electrons. The van der Waals surface area contributed by atoms with Gasteiger partial charge in [0.25, 0.3) is 10.0 Å². The van der Waals surface area contributed by atoms with Gasteiger partial charge in [-0.05, 0) is 53.3 Å². The number of aromatic nitrogens is 1. The maximum Gasteiger partial charge on any atom is 0.257 e. The number of sulfonamides is 1. The van der Waals surface area contributed by atoms with Crippen molar-refractivity contribution in [3.8, 4) is 5.75 Å². The van der Waals surface area contributed by atoms with Crippen LogP contribution in [0.4, 0.5) is 5.69 Å². The number of rotatable bonds is 10. The summed E-state index contributed by atoms with van der Waals surface area (Å²) in [6.07, 6.45) is 3.63. The van der Waals surface area contributed by atoms with Crippen molar-refractivity contribution in [1.29, 1.82) is 0 Å². The van der Waals surface area contributed by atoms with Crippen LogP contribution in [0.2, 0.25) is 0 Å². The van der Waals surface area contributed by atoms with Crippen molar-refractivity contribution < 1.29 is 17.9 Å². The summed E-state index contributed by atoms with van der Waals surface area (Å²) in [7, 11) is -2.45. The number of nitrogens with one attached hydrogen (secondary N) is 1. The zero-order valence-corrected chi connectivity index (χ0v) is 22.0. The summed E-state index contributed by atoms with van der Waals surface area (Å²) in [5.74, 6) is 0.269. The van der Waals surface area contributed by atoms with Gasteiger partial charge < -0.3 is 10.1 Å². The van der Waals surface area contributed by atoms with Crippen LogP contribution < -0.4 is 14.4 Å². The molecule has 0 aliphatic heterocycles. The van der Waals surface area contributed by atoms with Crippen molar-refractivity contribution in [2.75, 3.05) is 18.0 Å². The van der Waals surface area contributed by atoms with E-state index < -0.39 is 22.0 Å². The number of nitrogens with zero attached hydrogens (tertiary/aromatic N) is 2. The second kappa shape index (κ2) is 11.4. The quantitative estimate of drug-likeness (QED) is 0.427. The molecule has 1 amide bonds. The molecule has 0 spiro atoms. The molecule has 8 heteroatoms. The summed E-state index contributed by atoms with van der Waals surface area (Å²) in [5.41, 5.74) is 2.73. The van der Waals surface area contributed by atoms with Crippen molar-refractivity contribution >= 4 is 21.6 Å². The number of amides is 1. The highest BCUT2D eigenvalue weighted by molar-refractivity contribution is 7.95. The van der Waals surface area contributed by atoms with Crippen LogP contribution in [0.1, 0.15) is 43.5 Å². The van der Waals surface area contributed by atoms with Crippen LogP contribution in [0.25, 0.3) is 0 Å².